The maximum Gasteiger partial charge on any atom is 0.193 e. The maximum atomic E-state index is 11.9. The Bertz CT molecular complexity index is 1160. The number of allylic oxidation sites excluding steroid dienone is 4. The molecule has 0 bridgehead atoms. The topological polar surface area (TPSA) is 30.2 Å². The summed E-state index contributed by atoms with van der Waals surface area (Å²) in [5, 5.41) is 3.26. The third-order valence-corrected chi connectivity index (χ3v) is 4.66. The monoisotopic (exact) mass is 352 g/mol. The summed E-state index contributed by atoms with van der Waals surface area (Å²) in [7, 11) is 0. The van der Waals surface area contributed by atoms with Gasteiger partial charge in [-0.2, -0.15) is 0 Å². The fourth-order valence-electron chi connectivity index (χ4n) is 3.23. The van der Waals surface area contributed by atoms with Gasteiger partial charge in [0.05, 0.1) is 5.39 Å². The molecule has 0 aliphatic heterocycles. The molecule has 27 heavy (non-hydrogen) atoms. The summed E-state index contributed by atoms with van der Waals surface area (Å²) in [6.45, 7) is 2.05. The molecule has 0 saturated carbocycles. The van der Waals surface area contributed by atoms with Gasteiger partial charge < -0.3 is 4.42 Å². The zero-order valence-corrected chi connectivity index (χ0v) is 15.2. The molecule has 2 nitrogen and oxygen atoms in total. The minimum absolute atomic E-state index is 0.0207. The van der Waals surface area contributed by atoms with Crippen molar-refractivity contribution in [1.29, 1.82) is 0 Å². The Balaban J connectivity index is 0.000000153. The minimum atomic E-state index is 0.0207. The third kappa shape index (κ3) is 3.75. The quantitative estimate of drug-likeness (QED) is 0.399. The molecule has 5 rings (SSSR count). The van der Waals surface area contributed by atoms with Crippen LogP contribution in [0.3, 0.4) is 0 Å². The van der Waals surface area contributed by atoms with Gasteiger partial charge in [-0.3, -0.25) is 4.79 Å². The van der Waals surface area contributed by atoms with Gasteiger partial charge >= 0.3 is 0 Å². The smallest absolute Gasteiger partial charge is 0.193 e. The molecule has 0 fully saturated rings. The van der Waals surface area contributed by atoms with Crippen LogP contribution in [-0.4, -0.2) is 0 Å². The molecule has 3 aromatic carbocycles. The van der Waals surface area contributed by atoms with Gasteiger partial charge in [-0.15, -0.1) is 0 Å². The summed E-state index contributed by atoms with van der Waals surface area (Å²) in [6, 6.07) is 25.6. The number of rotatable bonds is 1. The molecule has 0 radical (unpaired) electrons. The lowest BCUT2D eigenvalue weighted by Gasteiger charge is -2.02. The fourth-order valence-corrected chi connectivity index (χ4v) is 3.23. The van der Waals surface area contributed by atoms with Crippen molar-refractivity contribution in [2.45, 2.75) is 13.3 Å². The van der Waals surface area contributed by atoms with Crippen molar-refractivity contribution in [3.05, 3.63) is 113 Å². The van der Waals surface area contributed by atoms with Gasteiger partial charge in [0.2, 0.25) is 0 Å². The van der Waals surface area contributed by atoms with Crippen molar-refractivity contribution in [2.75, 3.05) is 0 Å². The van der Waals surface area contributed by atoms with Gasteiger partial charge in [0.1, 0.15) is 11.3 Å². The highest BCUT2D eigenvalue weighted by molar-refractivity contribution is 5.82. The molecular weight excluding hydrogens is 332 g/mol. The van der Waals surface area contributed by atoms with Crippen molar-refractivity contribution in [1.82, 2.24) is 0 Å². The molecule has 2 heteroatoms. The number of hydrogen-bond donors (Lipinski definition) is 0. The molecule has 132 valence electrons. The van der Waals surface area contributed by atoms with Crippen LogP contribution in [0.15, 0.2) is 106 Å². The molecule has 4 aromatic rings. The number of hydrogen-bond acceptors (Lipinski definition) is 2. The van der Waals surface area contributed by atoms with Crippen LogP contribution >= 0.6 is 0 Å². The van der Waals surface area contributed by atoms with Gasteiger partial charge in [0.25, 0.3) is 0 Å². The Kier molecular flexibility index (Phi) is 4.71. The molecule has 0 unspecified atom stereocenters. The Morgan fingerprint density at radius 3 is 2.00 bits per heavy atom. The van der Waals surface area contributed by atoms with E-state index in [4.69, 9.17) is 4.42 Å². The second-order valence-electron chi connectivity index (χ2n) is 6.64. The number of fused-ring (bicyclic) bond motifs is 2. The lowest BCUT2D eigenvalue weighted by molar-refractivity contribution is 0.585. The first-order valence-corrected chi connectivity index (χ1v) is 9.05. The zero-order valence-electron chi connectivity index (χ0n) is 15.2. The van der Waals surface area contributed by atoms with E-state index in [9.17, 15) is 4.79 Å². The average molecular weight is 352 g/mol. The van der Waals surface area contributed by atoms with Crippen LogP contribution in [0.4, 0.5) is 0 Å². The van der Waals surface area contributed by atoms with E-state index in [2.05, 4.69) is 60.7 Å². The SMILES string of the molecule is CC1=CCC(c2cc(=O)c3ccccc3o2)=C1.c1ccc2ccccc2c1. The Hall–Kier alpha value is -3.39. The Labute approximate surface area is 158 Å². The maximum absolute atomic E-state index is 11.9. The van der Waals surface area contributed by atoms with Crippen LogP contribution in [0.25, 0.3) is 27.3 Å². The molecule has 0 atom stereocenters. The predicted octanol–water partition coefficient (Wildman–Crippen LogP) is 6.37. The predicted molar refractivity (Wildman–Crippen MR) is 113 cm³/mol. The van der Waals surface area contributed by atoms with Crippen LogP contribution in [0.1, 0.15) is 19.1 Å². The van der Waals surface area contributed by atoms with Crippen LogP contribution < -0.4 is 5.43 Å². The summed E-state index contributed by atoms with van der Waals surface area (Å²) in [5.74, 6) is 0.682. The second kappa shape index (κ2) is 7.46. The summed E-state index contributed by atoms with van der Waals surface area (Å²) < 4.78 is 5.77. The van der Waals surface area contributed by atoms with Crippen molar-refractivity contribution >= 4 is 27.3 Å². The van der Waals surface area contributed by atoms with E-state index in [0.717, 1.165) is 12.0 Å². The van der Waals surface area contributed by atoms with Crippen LogP contribution in [0.2, 0.25) is 0 Å². The van der Waals surface area contributed by atoms with Crippen molar-refractivity contribution in [3.63, 3.8) is 0 Å². The van der Waals surface area contributed by atoms with Gasteiger partial charge in [-0.25, -0.2) is 0 Å². The first-order valence-electron chi connectivity index (χ1n) is 9.05. The molecule has 1 aliphatic carbocycles. The molecule has 1 aliphatic rings. The van der Waals surface area contributed by atoms with E-state index in [1.165, 1.54) is 16.3 Å². The summed E-state index contributed by atoms with van der Waals surface area (Å²) in [4.78, 5) is 11.9. The lowest BCUT2D eigenvalue weighted by Crippen LogP contribution is -2.01. The molecule has 0 spiro atoms. The molecule has 1 heterocycles. The molecule has 0 N–H and O–H groups in total. The highest BCUT2D eigenvalue weighted by Crippen LogP contribution is 2.27. The average Bonchev–Trinajstić information content (AvgIpc) is 3.15. The van der Waals surface area contributed by atoms with Crippen LogP contribution in [-0.2, 0) is 0 Å². The van der Waals surface area contributed by atoms with E-state index in [1.54, 1.807) is 12.1 Å². The molecule has 1 aromatic heterocycles. The fraction of sp³-hybridized carbons (Fsp3) is 0.0800. The Morgan fingerprint density at radius 1 is 0.815 bits per heavy atom. The Morgan fingerprint density at radius 2 is 1.41 bits per heavy atom. The largest absolute Gasteiger partial charge is 0.456 e. The van der Waals surface area contributed by atoms with E-state index in [0.29, 0.717) is 16.7 Å². The summed E-state index contributed by atoms with van der Waals surface area (Å²) in [6.07, 6.45) is 5.03. The summed E-state index contributed by atoms with van der Waals surface area (Å²) in [5.41, 5.74) is 2.97. The highest BCUT2D eigenvalue weighted by atomic mass is 16.3. The molecular formula is C25H20O2. The van der Waals surface area contributed by atoms with Gasteiger partial charge in [-0.1, -0.05) is 78.4 Å². The van der Waals surface area contributed by atoms with Gasteiger partial charge in [-0.05, 0) is 41.8 Å². The zero-order chi connectivity index (χ0) is 18.6. The van der Waals surface area contributed by atoms with Crippen molar-refractivity contribution < 1.29 is 4.42 Å². The minimum Gasteiger partial charge on any atom is -0.456 e. The van der Waals surface area contributed by atoms with Crippen LogP contribution in [0, 0.1) is 0 Å². The standard InChI is InChI=1S/C15H12O2.C10H8/c1-10-6-7-11(8-10)15-9-13(16)12-4-2-3-5-14(12)17-15;1-2-6-10-8-4-3-7-9(10)5-1/h2-6,8-9H,7H2,1H3;1-8H. The van der Waals surface area contributed by atoms with Crippen molar-refractivity contribution in [2.24, 2.45) is 0 Å². The van der Waals surface area contributed by atoms with E-state index < -0.39 is 0 Å². The molecule has 0 saturated heterocycles. The second-order valence-corrected chi connectivity index (χ2v) is 6.64. The summed E-state index contributed by atoms with van der Waals surface area (Å²) >= 11 is 0. The highest BCUT2D eigenvalue weighted by Gasteiger charge is 2.11. The first-order chi connectivity index (χ1) is 13.2. The normalized spacial score (nSPS) is 13.1. The van der Waals surface area contributed by atoms with E-state index >= 15 is 0 Å². The van der Waals surface area contributed by atoms with E-state index in [1.807, 2.05) is 25.1 Å². The molecule has 0 amide bonds. The third-order valence-electron chi connectivity index (χ3n) is 4.66. The van der Waals surface area contributed by atoms with Gasteiger partial charge in [0.15, 0.2) is 5.43 Å². The number of benzene rings is 3. The van der Waals surface area contributed by atoms with Gasteiger partial charge in [0, 0.05) is 6.07 Å². The number of para-hydroxylation sites is 1. The van der Waals surface area contributed by atoms with E-state index in [-0.39, 0.29) is 5.43 Å². The first kappa shape index (κ1) is 17.0. The van der Waals surface area contributed by atoms with Crippen LogP contribution in [0.5, 0.6) is 0 Å². The van der Waals surface area contributed by atoms with Crippen molar-refractivity contribution in [3.8, 4) is 0 Å². The lowest BCUT2D eigenvalue weighted by atomic mass is 10.1.